The zero-order valence-electron chi connectivity index (χ0n) is 15.2. The molecule has 156 valence electrons. The Morgan fingerprint density at radius 2 is 2.14 bits per heavy atom. The van der Waals surface area contributed by atoms with Gasteiger partial charge in [0.25, 0.3) is 5.91 Å². The fourth-order valence-corrected chi connectivity index (χ4v) is 3.10. The molecule has 12 heteroatoms. The van der Waals surface area contributed by atoms with E-state index in [-0.39, 0.29) is 17.8 Å². The van der Waals surface area contributed by atoms with Gasteiger partial charge in [0, 0.05) is 25.1 Å². The molecule has 1 saturated heterocycles. The number of likely N-dealkylation sites (tertiary alicyclic amines) is 1. The molecule has 0 radical (unpaired) electrons. The minimum Gasteiger partial charge on any atom is -0.468 e. The topological polar surface area (TPSA) is 126 Å². The number of piperidine rings is 1. The molecule has 2 aromatic heterocycles. The van der Waals surface area contributed by atoms with Crippen molar-refractivity contribution in [3.63, 3.8) is 0 Å². The van der Waals surface area contributed by atoms with Crippen LogP contribution in [0.25, 0.3) is 0 Å². The van der Waals surface area contributed by atoms with Crippen LogP contribution in [0.1, 0.15) is 34.8 Å². The van der Waals surface area contributed by atoms with Crippen LogP contribution >= 0.6 is 0 Å². The van der Waals surface area contributed by atoms with E-state index in [0.717, 1.165) is 12.8 Å². The minimum absolute atomic E-state index is 0.115. The zero-order chi connectivity index (χ0) is 21.0. The minimum atomic E-state index is -4.46. The van der Waals surface area contributed by atoms with Crippen molar-refractivity contribution >= 4 is 17.6 Å². The average molecular weight is 412 g/mol. The van der Waals surface area contributed by atoms with E-state index in [0.29, 0.717) is 30.0 Å². The van der Waals surface area contributed by atoms with Crippen LogP contribution in [-0.4, -0.2) is 57.9 Å². The summed E-state index contributed by atoms with van der Waals surface area (Å²) in [5, 5.41) is 9.28. The Bertz CT molecular complexity index is 868. The molecule has 3 heterocycles. The highest BCUT2D eigenvalue weighted by Crippen LogP contribution is 2.28. The number of carbonyl (C=O) groups is 2. The second-order valence-electron chi connectivity index (χ2n) is 6.57. The van der Waals surface area contributed by atoms with E-state index < -0.39 is 18.7 Å². The molecule has 4 N–H and O–H groups in total. The van der Waals surface area contributed by atoms with E-state index in [1.807, 2.05) is 0 Å². The number of H-pyrrole nitrogens is 1. The molecule has 1 atom stereocenters. The van der Waals surface area contributed by atoms with Crippen molar-refractivity contribution in [3.8, 4) is 5.88 Å². The number of aromatic amines is 1. The van der Waals surface area contributed by atoms with Gasteiger partial charge in [-0.15, -0.1) is 0 Å². The summed E-state index contributed by atoms with van der Waals surface area (Å²) in [6.07, 6.45) is -0.394. The molecule has 1 fully saturated rings. The van der Waals surface area contributed by atoms with Gasteiger partial charge in [-0.05, 0) is 18.9 Å². The highest BCUT2D eigenvalue weighted by atomic mass is 19.4. The summed E-state index contributed by atoms with van der Waals surface area (Å²) in [6.45, 7) is -0.571. The number of hydrogen-bond acceptors (Lipinski definition) is 5. The number of rotatable bonds is 5. The number of anilines is 1. The maximum atomic E-state index is 12.5. The molecule has 0 bridgehead atoms. The van der Waals surface area contributed by atoms with Gasteiger partial charge in [0.1, 0.15) is 0 Å². The van der Waals surface area contributed by atoms with Crippen molar-refractivity contribution in [3.05, 3.63) is 35.8 Å². The lowest BCUT2D eigenvalue weighted by Crippen LogP contribution is -2.42. The van der Waals surface area contributed by atoms with Gasteiger partial charge in [-0.3, -0.25) is 9.89 Å². The fourth-order valence-electron chi connectivity index (χ4n) is 3.10. The van der Waals surface area contributed by atoms with Crippen LogP contribution in [0.5, 0.6) is 5.88 Å². The van der Waals surface area contributed by atoms with Gasteiger partial charge in [-0.25, -0.2) is 9.78 Å². The zero-order valence-corrected chi connectivity index (χ0v) is 15.2. The van der Waals surface area contributed by atoms with Gasteiger partial charge in [-0.1, -0.05) is 0 Å². The van der Waals surface area contributed by atoms with Gasteiger partial charge in [0.05, 0.1) is 29.3 Å². The summed E-state index contributed by atoms with van der Waals surface area (Å²) < 4.78 is 41.0. The fraction of sp³-hybridized carbons (Fsp3) is 0.412. The summed E-state index contributed by atoms with van der Waals surface area (Å²) in [5.74, 6) is -0.901. The smallest absolute Gasteiger partial charge is 0.422 e. The largest absolute Gasteiger partial charge is 0.468 e. The van der Waals surface area contributed by atoms with Crippen molar-refractivity contribution in [2.24, 2.45) is 5.73 Å². The molecule has 1 aliphatic rings. The van der Waals surface area contributed by atoms with E-state index in [4.69, 9.17) is 5.73 Å². The number of pyridine rings is 1. The van der Waals surface area contributed by atoms with Crippen LogP contribution in [0.15, 0.2) is 24.5 Å². The first-order valence-corrected chi connectivity index (χ1v) is 8.77. The molecule has 3 amide bonds. The van der Waals surface area contributed by atoms with Crippen molar-refractivity contribution in [2.45, 2.75) is 24.9 Å². The third kappa shape index (κ3) is 5.36. The van der Waals surface area contributed by atoms with Crippen molar-refractivity contribution in [1.82, 2.24) is 20.1 Å². The Kier molecular flexibility index (Phi) is 5.89. The van der Waals surface area contributed by atoms with Gasteiger partial charge >= 0.3 is 12.2 Å². The van der Waals surface area contributed by atoms with E-state index in [1.54, 1.807) is 4.90 Å². The molecule has 0 unspecified atom stereocenters. The maximum Gasteiger partial charge on any atom is 0.422 e. The van der Waals surface area contributed by atoms with Crippen molar-refractivity contribution in [2.75, 3.05) is 25.0 Å². The molecule has 3 rings (SSSR count). The van der Waals surface area contributed by atoms with Gasteiger partial charge in [0.2, 0.25) is 5.88 Å². The van der Waals surface area contributed by atoms with Crippen LogP contribution in [0.3, 0.4) is 0 Å². The maximum absolute atomic E-state index is 12.5. The molecule has 0 aliphatic carbocycles. The first-order chi connectivity index (χ1) is 13.7. The first kappa shape index (κ1) is 20.4. The number of hydrogen-bond donors (Lipinski definition) is 3. The van der Waals surface area contributed by atoms with Crippen molar-refractivity contribution in [1.29, 1.82) is 0 Å². The van der Waals surface area contributed by atoms with Crippen LogP contribution in [0.4, 0.5) is 23.7 Å². The second kappa shape index (κ2) is 8.37. The normalized spacial score (nSPS) is 17.1. The number of alkyl halides is 3. The Hall–Kier alpha value is -3.31. The SMILES string of the molecule is NC(=O)c1cn[nH]c1[C@H]1CCCN(C(=O)Nc2ccc(OCC(F)(F)F)nc2)C1. The Balaban J connectivity index is 1.59. The average Bonchev–Trinajstić information content (AvgIpc) is 3.17. The first-order valence-electron chi connectivity index (χ1n) is 8.77. The molecule has 1 aliphatic heterocycles. The number of amides is 3. The number of urea groups is 1. The quantitative estimate of drug-likeness (QED) is 0.694. The number of nitrogens with two attached hydrogens (primary N) is 1. The van der Waals surface area contributed by atoms with Crippen molar-refractivity contribution < 1.29 is 27.5 Å². The Morgan fingerprint density at radius 3 is 2.79 bits per heavy atom. The van der Waals surface area contributed by atoms with Gasteiger partial charge in [0.15, 0.2) is 6.61 Å². The standard InChI is InChI=1S/C17H19F3N6O3/c18-17(19,20)9-29-13-4-3-11(6-22-13)24-16(28)26-5-1-2-10(8-26)14-12(15(21)27)7-23-25-14/h3-4,6-7,10H,1-2,5,8-9H2,(H2,21,27)(H,23,25)(H,24,28)/t10-/m0/s1. The van der Waals surface area contributed by atoms with Gasteiger partial charge in [-0.2, -0.15) is 18.3 Å². The lowest BCUT2D eigenvalue weighted by molar-refractivity contribution is -0.154. The Morgan fingerprint density at radius 1 is 1.34 bits per heavy atom. The van der Waals surface area contributed by atoms with E-state index in [2.05, 4.69) is 25.2 Å². The van der Waals surface area contributed by atoms with E-state index in [1.165, 1.54) is 24.5 Å². The number of aromatic nitrogens is 3. The van der Waals surface area contributed by atoms with Crippen LogP contribution < -0.4 is 15.8 Å². The van der Waals surface area contributed by atoms with Crippen LogP contribution in [-0.2, 0) is 0 Å². The monoisotopic (exact) mass is 412 g/mol. The number of ether oxygens (including phenoxy) is 1. The number of nitrogens with zero attached hydrogens (tertiary/aromatic N) is 3. The molecule has 0 saturated carbocycles. The Labute approximate surface area is 163 Å². The van der Waals surface area contributed by atoms with E-state index in [9.17, 15) is 22.8 Å². The predicted molar refractivity (Wildman–Crippen MR) is 95.5 cm³/mol. The molecular weight excluding hydrogens is 393 g/mol. The second-order valence-corrected chi connectivity index (χ2v) is 6.57. The third-order valence-corrected chi connectivity index (χ3v) is 4.42. The highest BCUT2D eigenvalue weighted by molar-refractivity contribution is 5.94. The summed E-state index contributed by atoms with van der Waals surface area (Å²) in [7, 11) is 0. The number of nitrogens with one attached hydrogen (secondary N) is 2. The molecule has 9 nitrogen and oxygen atoms in total. The summed E-state index contributed by atoms with van der Waals surface area (Å²) in [5.41, 5.74) is 6.57. The lowest BCUT2D eigenvalue weighted by atomic mass is 9.92. The molecule has 2 aromatic rings. The van der Waals surface area contributed by atoms with Crippen LogP contribution in [0, 0.1) is 0 Å². The summed E-state index contributed by atoms with van der Waals surface area (Å²) in [6, 6.07) is 2.25. The number of halogens is 3. The molecule has 0 spiro atoms. The highest BCUT2D eigenvalue weighted by Gasteiger charge is 2.29. The van der Waals surface area contributed by atoms with Crippen LogP contribution in [0.2, 0.25) is 0 Å². The number of carbonyl (C=O) groups excluding carboxylic acids is 2. The predicted octanol–water partition coefficient (Wildman–Crippen LogP) is 2.26. The number of primary amides is 1. The van der Waals surface area contributed by atoms with E-state index >= 15 is 0 Å². The third-order valence-electron chi connectivity index (χ3n) is 4.42. The summed E-state index contributed by atoms with van der Waals surface area (Å²) >= 11 is 0. The molecule has 0 aromatic carbocycles. The lowest BCUT2D eigenvalue weighted by Gasteiger charge is -2.32. The van der Waals surface area contributed by atoms with Gasteiger partial charge < -0.3 is 20.7 Å². The molecule has 29 heavy (non-hydrogen) atoms. The summed E-state index contributed by atoms with van der Waals surface area (Å²) in [4.78, 5) is 29.4. The molecular formula is C17H19F3N6O3.